The predicted octanol–water partition coefficient (Wildman–Crippen LogP) is 2.00. The SMILES string of the molecule is CC(O)C(=O)O.CCCCC(C)C(C)(C)N. The van der Waals surface area contributed by atoms with Gasteiger partial charge < -0.3 is 15.9 Å². The Kier molecular flexibility index (Phi) is 9.48. The number of hydrogen-bond acceptors (Lipinski definition) is 3. The minimum atomic E-state index is -1.23. The summed E-state index contributed by atoms with van der Waals surface area (Å²) in [7, 11) is 0. The Morgan fingerprint density at radius 1 is 1.38 bits per heavy atom. The second-order valence-corrected chi connectivity index (χ2v) is 4.88. The zero-order valence-corrected chi connectivity index (χ0v) is 11.2. The quantitative estimate of drug-likeness (QED) is 0.678. The molecule has 0 spiro atoms. The molecular weight excluding hydrogens is 206 g/mol. The molecule has 0 aliphatic rings. The third-order valence-electron chi connectivity index (χ3n) is 2.62. The van der Waals surface area contributed by atoms with E-state index in [-0.39, 0.29) is 5.54 Å². The van der Waals surface area contributed by atoms with Gasteiger partial charge in [0, 0.05) is 5.54 Å². The fourth-order valence-corrected chi connectivity index (χ4v) is 0.882. The van der Waals surface area contributed by atoms with Crippen molar-refractivity contribution in [3.8, 4) is 0 Å². The van der Waals surface area contributed by atoms with Crippen LogP contribution in [-0.4, -0.2) is 27.8 Å². The Morgan fingerprint density at radius 3 is 1.94 bits per heavy atom. The molecule has 4 nitrogen and oxygen atoms in total. The van der Waals surface area contributed by atoms with E-state index < -0.39 is 12.1 Å². The molecule has 4 N–H and O–H groups in total. The molecule has 0 fully saturated rings. The summed E-state index contributed by atoms with van der Waals surface area (Å²) >= 11 is 0. The molecule has 0 amide bonds. The lowest BCUT2D eigenvalue weighted by Crippen LogP contribution is -2.39. The van der Waals surface area contributed by atoms with Crippen molar-refractivity contribution in [3.63, 3.8) is 0 Å². The summed E-state index contributed by atoms with van der Waals surface area (Å²) in [6.07, 6.45) is 2.62. The van der Waals surface area contributed by atoms with Gasteiger partial charge in [-0.25, -0.2) is 4.79 Å². The molecule has 0 saturated carbocycles. The average molecular weight is 233 g/mol. The van der Waals surface area contributed by atoms with Crippen LogP contribution in [0.15, 0.2) is 0 Å². The third-order valence-corrected chi connectivity index (χ3v) is 2.62. The van der Waals surface area contributed by atoms with Crippen molar-refractivity contribution in [1.82, 2.24) is 0 Å². The number of rotatable bonds is 5. The van der Waals surface area contributed by atoms with E-state index in [0.717, 1.165) is 0 Å². The average Bonchev–Trinajstić information content (AvgIpc) is 2.13. The molecule has 0 aliphatic heterocycles. The van der Waals surface area contributed by atoms with Gasteiger partial charge in [0.05, 0.1) is 0 Å². The smallest absolute Gasteiger partial charge is 0.332 e. The number of aliphatic hydroxyl groups excluding tert-OH is 1. The molecule has 0 aromatic carbocycles. The standard InChI is InChI=1S/C9H21N.C3H6O3/c1-5-6-7-8(2)9(3,4)10;1-2(4)3(5)6/h8H,5-7,10H2,1-4H3;2,4H,1H3,(H,5,6). The van der Waals surface area contributed by atoms with Gasteiger partial charge in [-0.1, -0.05) is 26.7 Å². The molecule has 0 rings (SSSR count). The van der Waals surface area contributed by atoms with E-state index in [0.29, 0.717) is 5.92 Å². The molecule has 0 aromatic rings. The lowest BCUT2D eigenvalue weighted by atomic mass is 9.86. The Hall–Kier alpha value is -0.610. The minimum Gasteiger partial charge on any atom is -0.479 e. The molecule has 0 saturated heterocycles. The Labute approximate surface area is 98.8 Å². The molecular formula is C12H27NO3. The molecule has 16 heavy (non-hydrogen) atoms. The van der Waals surface area contributed by atoms with Crippen molar-refractivity contribution in [2.24, 2.45) is 11.7 Å². The second-order valence-electron chi connectivity index (χ2n) is 4.88. The molecule has 0 aromatic heterocycles. The maximum absolute atomic E-state index is 9.45. The molecule has 2 unspecified atom stereocenters. The van der Waals surface area contributed by atoms with Crippen molar-refractivity contribution >= 4 is 5.97 Å². The first kappa shape index (κ1) is 17.8. The summed E-state index contributed by atoms with van der Waals surface area (Å²) in [5, 5.41) is 15.8. The number of nitrogens with two attached hydrogens (primary N) is 1. The highest BCUT2D eigenvalue weighted by molar-refractivity contribution is 5.71. The van der Waals surface area contributed by atoms with Gasteiger partial charge in [0.25, 0.3) is 0 Å². The van der Waals surface area contributed by atoms with Crippen molar-refractivity contribution < 1.29 is 15.0 Å². The van der Waals surface area contributed by atoms with Crippen LogP contribution in [0.5, 0.6) is 0 Å². The summed E-state index contributed by atoms with van der Waals surface area (Å²) in [5.41, 5.74) is 5.93. The molecule has 98 valence electrons. The fourth-order valence-electron chi connectivity index (χ4n) is 0.882. The van der Waals surface area contributed by atoms with E-state index >= 15 is 0 Å². The zero-order chi connectivity index (χ0) is 13.4. The molecule has 4 heteroatoms. The number of carboxylic acids is 1. The fraction of sp³-hybridized carbons (Fsp3) is 0.917. The lowest BCUT2D eigenvalue weighted by Gasteiger charge is -2.26. The Balaban J connectivity index is 0. The highest BCUT2D eigenvalue weighted by Gasteiger charge is 2.18. The van der Waals surface area contributed by atoms with Crippen LogP contribution in [0.1, 0.15) is 53.9 Å². The zero-order valence-electron chi connectivity index (χ0n) is 11.2. The lowest BCUT2D eigenvalue weighted by molar-refractivity contribution is -0.145. The van der Waals surface area contributed by atoms with Crippen molar-refractivity contribution in [3.05, 3.63) is 0 Å². The number of carbonyl (C=O) groups is 1. The first-order valence-electron chi connectivity index (χ1n) is 5.82. The summed E-state index contributed by atoms with van der Waals surface area (Å²) in [5.74, 6) is -0.539. The first-order chi connectivity index (χ1) is 7.12. The largest absolute Gasteiger partial charge is 0.479 e. The number of hydrogen-bond donors (Lipinski definition) is 3. The molecule has 2 atom stereocenters. The third kappa shape index (κ3) is 11.5. The Morgan fingerprint density at radius 2 is 1.75 bits per heavy atom. The van der Waals surface area contributed by atoms with Crippen molar-refractivity contribution in [1.29, 1.82) is 0 Å². The van der Waals surface area contributed by atoms with Crippen LogP contribution < -0.4 is 5.73 Å². The molecule has 0 bridgehead atoms. The van der Waals surface area contributed by atoms with E-state index in [1.807, 2.05) is 0 Å². The summed E-state index contributed by atoms with van der Waals surface area (Å²) in [4.78, 5) is 9.45. The van der Waals surface area contributed by atoms with Gasteiger partial charge >= 0.3 is 5.97 Å². The highest BCUT2D eigenvalue weighted by Crippen LogP contribution is 2.18. The van der Waals surface area contributed by atoms with Gasteiger partial charge in [-0.3, -0.25) is 0 Å². The highest BCUT2D eigenvalue weighted by atomic mass is 16.4. The van der Waals surface area contributed by atoms with E-state index in [2.05, 4.69) is 27.7 Å². The summed E-state index contributed by atoms with van der Waals surface area (Å²) in [6, 6.07) is 0. The van der Waals surface area contributed by atoms with E-state index in [1.54, 1.807) is 0 Å². The van der Waals surface area contributed by atoms with Crippen LogP contribution in [0.2, 0.25) is 0 Å². The maximum Gasteiger partial charge on any atom is 0.332 e. The maximum atomic E-state index is 9.45. The summed E-state index contributed by atoms with van der Waals surface area (Å²) < 4.78 is 0. The van der Waals surface area contributed by atoms with E-state index in [1.165, 1.54) is 26.2 Å². The van der Waals surface area contributed by atoms with Gasteiger partial charge in [-0.15, -0.1) is 0 Å². The van der Waals surface area contributed by atoms with Crippen molar-refractivity contribution in [2.75, 3.05) is 0 Å². The number of carboxylic acid groups (broad SMARTS) is 1. The predicted molar refractivity (Wildman–Crippen MR) is 66.3 cm³/mol. The van der Waals surface area contributed by atoms with Crippen LogP contribution in [0.25, 0.3) is 0 Å². The van der Waals surface area contributed by atoms with Crippen LogP contribution in [0, 0.1) is 5.92 Å². The molecule has 0 radical (unpaired) electrons. The van der Waals surface area contributed by atoms with E-state index in [9.17, 15) is 4.79 Å². The number of unbranched alkanes of at least 4 members (excludes halogenated alkanes) is 1. The Bertz CT molecular complexity index is 185. The minimum absolute atomic E-state index is 0.00910. The number of aliphatic carboxylic acids is 1. The second kappa shape index (κ2) is 8.53. The van der Waals surface area contributed by atoms with Crippen LogP contribution in [-0.2, 0) is 4.79 Å². The van der Waals surface area contributed by atoms with Gasteiger partial charge in [-0.05, 0) is 33.1 Å². The van der Waals surface area contributed by atoms with Gasteiger partial charge in [0.15, 0.2) is 0 Å². The number of aliphatic hydroxyl groups is 1. The van der Waals surface area contributed by atoms with Gasteiger partial charge in [0.1, 0.15) is 6.10 Å². The van der Waals surface area contributed by atoms with Gasteiger partial charge in [-0.2, -0.15) is 0 Å². The molecule has 0 aliphatic carbocycles. The van der Waals surface area contributed by atoms with Crippen molar-refractivity contribution in [2.45, 2.75) is 65.5 Å². The van der Waals surface area contributed by atoms with E-state index in [4.69, 9.17) is 15.9 Å². The summed E-state index contributed by atoms with van der Waals surface area (Å²) in [6.45, 7) is 9.86. The molecule has 0 heterocycles. The monoisotopic (exact) mass is 233 g/mol. The van der Waals surface area contributed by atoms with Crippen LogP contribution >= 0.6 is 0 Å². The topological polar surface area (TPSA) is 83.5 Å². The normalized spacial score (nSPS) is 14.7. The first-order valence-corrected chi connectivity index (χ1v) is 5.82. The van der Waals surface area contributed by atoms with Crippen LogP contribution in [0.3, 0.4) is 0 Å². The van der Waals surface area contributed by atoms with Gasteiger partial charge in [0.2, 0.25) is 0 Å². The van der Waals surface area contributed by atoms with Crippen LogP contribution in [0.4, 0.5) is 0 Å².